The van der Waals surface area contributed by atoms with Crippen molar-refractivity contribution in [2.24, 2.45) is 5.73 Å². The zero-order valence-electron chi connectivity index (χ0n) is 7.24. The fraction of sp³-hybridized carbons (Fsp3) is 0.125. The predicted octanol–water partition coefficient (Wildman–Crippen LogP) is -1.41. The fourth-order valence-corrected chi connectivity index (χ4v) is 0.855. The van der Waals surface area contributed by atoms with Crippen LogP contribution >= 0.6 is 0 Å². The minimum atomic E-state index is -0.636. The minimum Gasteiger partial charge on any atom is -0.368 e. The number of hydrogen-bond donors (Lipinski definition) is 3. The van der Waals surface area contributed by atoms with Crippen molar-refractivity contribution < 1.29 is 9.59 Å². The smallest absolute Gasteiger partial charge is 0.251 e. The summed E-state index contributed by atoms with van der Waals surface area (Å²) in [5.74, 6) is -1.14. The van der Waals surface area contributed by atoms with Gasteiger partial charge in [-0.3, -0.25) is 14.4 Å². The number of rotatable bonds is 3. The Bertz CT molecular complexity index is 410. The molecular formula is C8H9N3O3. The van der Waals surface area contributed by atoms with Crippen LogP contribution in [0.2, 0.25) is 0 Å². The van der Waals surface area contributed by atoms with Crippen LogP contribution in [0.25, 0.3) is 0 Å². The van der Waals surface area contributed by atoms with E-state index in [1.807, 2.05) is 0 Å². The first-order valence-corrected chi connectivity index (χ1v) is 3.85. The number of nitrogens with two attached hydrogens (primary N) is 1. The van der Waals surface area contributed by atoms with Gasteiger partial charge in [0.2, 0.25) is 11.5 Å². The molecule has 0 aliphatic rings. The van der Waals surface area contributed by atoms with E-state index in [0.717, 1.165) is 6.07 Å². The molecule has 6 nitrogen and oxygen atoms in total. The van der Waals surface area contributed by atoms with Crippen LogP contribution in [0.3, 0.4) is 0 Å². The van der Waals surface area contributed by atoms with Gasteiger partial charge in [-0.05, 0) is 6.07 Å². The number of carbonyl (C=O) groups excluding carboxylic acids is 2. The number of amides is 2. The summed E-state index contributed by atoms with van der Waals surface area (Å²) in [6, 6.07) is 2.56. The van der Waals surface area contributed by atoms with E-state index in [9.17, 15) is 14.4 Å². The molecule has 0 aliphatic heterocycles. The number of primary amides is 1. The van der Waals surface area contributed by atoms with Crippen molar-refractivity contribution in [3.63, 3.8) is 0 Å². The Balaban J connectivity index is 2.70. The molecule has 0 spiro atoms. The largest absolute Gasteiger partial charge is 0.368 e. The molecule has 6 heteroatoms. The molecule has 1 heterocycles. The Kier molecular flexibility index (Phi) is 3.01. The maximum absolute atomic E-state index is 11.2. The molecule has 2 amide bonds. The Labute approximate surface area is 79.1 Å². The van der Waals surface area contributed by atoms with Gasteiger partial charge in [0.15, 0.2) is 0 Å². The van der Waals surface area contributed by atoms with Crippen LogP contribution in [0.15, 0.2) is 23.1 Å². The molecule has 1 aromatic rings. The van der Waals surface area contributed by atoms with Gasteiger partial charge >= 0.3 is 0 Å². The first kappa shape index (κ1) is 9.97. The first-order valence-electron chi connectivity index (χ1n) is 3.85. The van der Waals surface area contributed by atoms with Crippen molar-refractivity contribution in [2.75, 3.05) is 6.54 Å². The summed E-state index contributed by atoms with van der Waals surface area (Å²) >= 11 is 0. The molecule has 0 aromatic carbocycles. The van der Waals surface area contributed by atoms with Crippen LogP contribution < -0.4 is 16.6 Å². The summed E-state index contributed by atoms with van der Waals surface area (Å²) < 4.78 is 0. The van der Waals surface area contributed by atoms with Gasteiger partial charge in [0, 0.05) is 17.8 Å². The summed E-state index contributed by atoms with van der Waals surface area (Å²) in [7, 11) is 0. The van der Waals surface area contributed by atoms with E-state index < -0.39 is 11.8 Å². The summed E-state index contributed by atoms with van der Waals surface area (Å²) in [5.41, 5.74) is 4.64. The van der Waals surface area contributed by atoms with Crippen molar-refractivity contribution in [3.05, 3.63) is 34.2 Å². The lowest BCUT2D eigenvalue weighted by atomic mass is 10.2. The monoisotopic (exact) mass is 195 g/mol. The SMILES string of the molecule is NC(=O)CNC(=O)c1cc[nH]c(=O)c1. The highest BCUT2D eigenvalue weighted by atomic mass is 16.2. The lowest BCUT2D eigenvalue weighted by Gasteiger charge is -2.00. The normalized spacial score (nSPS) is 9.43. The third kappa shape index (κ3) is 2.74. The van der Waals surface area contributed by atoms with Crippen LogP contribution in [0, 0.1) is 0 Å². The van der Waals surface area contributed by atoms with E-state index in [1.165, 1.54) is 12.3 Å². The third-order valence-corrected chi connectivity index (χ3v) is 1.46. The van der Waals surface area contributed by atoms with Crippen LogP contribution in [0.5, 0.6) is 0 Å². The van der Waals surface area contributed by atoms with E-state index in [-0.39, 0.29) is 17.7 Å². The molecule has 0 fully saturated rings. The molecule has 74 valence electrons. The van der Waals surface area contributed by atoms with Gasteiger partial charge in [0.05, 0.1) is 6.54 Å². The van der Waals surface area contributed by atoms with E-state index in [0.29, 0.717) is 0 Å². The number of hydrogen-bond acceptors (Lipinski definition) is 3. The molecule has 0 bridgehead atoms. The van der Waals surface area contributed by atoms with Crippen molar-refractivity contribution in [1.82, 2.24) is 10.3 Å². The van der Waals surface area contributed by atoms with Gasteiger partial charge in [-0.2, -0.15) is 0 Å². The van der Waals surface area contributed by atoms with E-state index in [2.05, 4.69) is 10.3 Å². The minimum absolute atomic E-state index is 0.190. The summed E-state index contributed by atoms with van der Waals surface area (Å²) in [6.07, 6.45) is 1.35. The Hall–Kier alpha value is -2.11. The molecule has 0 atom stereocenters. The van der Waals surface area contributed by atoms with Crippen molar-refractivity contribution >= 4 is 11.8 Å². The second-order valence-electron chi connectivity index (χ2n) is 2.59. The number of aromatic amines is 1. The molecular weight excluding hydrogens is 186 g/mol. The number of H-pyrrole nitrogens is 1. The zero-order chi connectivity index (χ0) is 10.6. The predicted molar refractivity (Wildman–Crippen MR) is 48.6 cm³/mol. The Morgan fingerprint density at radius 3 is 2.79 bits per heavy atom. The number of aromatic nitrogens is 1. The fourth-order valence-electron chi connectivity index (χ4n) is 0.855. The maximum atomic E-state index is 11.2. The summed E-state index contributed by atoms with van der Waals surface area (Å²) in [6.45, 7) is -0.244. The van der Waals surface area contributed by atoms with E-state index >= 15 is 0 Å². The van der Waals surface area contributed by atoms with Crippen LogP contribution in [0.1, 0.15) is 10.4 Å². The zero-order valence-corrected chi connectivity index (χ0v) is 7.24. The average Bonchev–Trinajstić information content (AvgIpc) is 2.14. The quantitative estimate of drug-likeness (QED) is 0.551. The van der Waals surface area contributed by atoms with Crippen LogP contribution in [0.4, 0.5) is 0 Å². The second-order valence-corrected chi connectivity index (χ2v) is 2.59. The summed E-state index contributed by atoms with van der Waals surface area (Å²) in [5, 5.41) is 2.26. The highest BCUT2D eigenvalue weighted by Crippen LogP contribution is 1.91. The molecule has 1 aromatic heterocycles. The molecule has 0 aliphatic carbocycles. The van der Waals surface area contributed by atoms with Gasteiger partial charge in [-0.15, -0.1) is 0 Å². The molecule has 14 heavy (non-hydrogen) atoms. The van der Waals surface area contributed by atoms with Gasteiger partial charge in [0.25, 0.3) is 5.91 Å². The summed E-state index contributed by atoms with van der Waals surface area (Å²) in [4.78, 5) is 34.7. The van der Waals surface area contributed by atoms with Gasteiger partial charge in [-0.1, -0.05) is 0 Å². The Morgan fingerprint density at radius 1 is 1.50 bits per heavy atom. The second kappa shape index (κ2) is 4.22. The van der Waals surface area contributed by atoms with Crippen LogP contribution in [-0.4, -0.2) is 23.3 Å². The molecule has 0 saturated carbocycles. The maximum Gasteiger partial charge on any atom is 0.251 e. The molecule has 0 radical (unpaired) electrons. The average molecular weight is 195 g/mol. The highest BCUT2D eigenvalue weighted by Gasteiger charge is 2.05. The van der Waals surface area contributed by atoms with Gasteiger partial charge in [0.1, 0.15) is 0 Å². The van der Waals surface area contributed by atoms with Crippen molar-refractivity contribution in [2.45, 2.75) is 0 Å². The first-order chi connectivity index (χ1) is 6.59. The molecule has 1 rings (SSSR count). The van der Waals surface area contributed by atoms with E-state index in [4.69, 9.17) is 5.73 Å². The van der Waals surface area contributed by atoms with Crippen molar-refractivity contribution in [3.8, 4) is 0 Å². The molecule has 4 N–H and O–H groups in total. The number of carbonyl (C=O) groups is 2. The van der Waals surface area contributed by atoms with Crippen LogP contribution in [-0.2, 0) is 4.79 Å². The van der Waals surface area contributed by atoms with Gasteiger partial charge < -0.3 is 16.0 Å². The molecule has 0 saturated heterocycles. The lowest BCUT2D eigenvalue weighted by molar-refractivity contribution is -0.117. The van der Waals surface area contributed by atoms with E-state index in [1.54, 1.807) is 0 Å². The third-order valence-electron chi connectivity index (χ3n) is 1.46. The number of pyridine rings is 1. The molecule has 0 unspecified atom stereocenters. The lowest BCUT2D eigenvalue weighted by Crippen LogP contribution is -2.33. The van der Waals surface area contributed by atoms with Crippen molar-refractivity contribution in [1.29, 1.82) is 0 Å². The topological polar surface area (TPSA) is 105 Å². The number of nitrogens with one attached hydrogen (secondary N) is 2. The van der Waals surface area contributed by atoms with Gasteiger partial charge in [-0.25, -0.2) is 0 Å². The highest BCUT2D eigenvalue weighted by molar-refractivity contribution is 5.96. The standard InChI is InChI=1S/C8H9N3O3/c9-6(12)4-11-8(14)5-1-2-10-7(13)3-5/h1-3H,4H2,(H2,9,12)(H,10,13)(H,11,14). The Morgan fingerprint density at radius 2 is 2.21 bits per heavy atom.